The maximum atomic E-state index is 13.0. The van der Waals surface area contributed by atoms with Crippen molar-refractivity contribution < 1.29 is 4.39 Å². The van der Waals surface area contributed by atoms with Gasteiger partial charge in [0.15, 0.2) is 0 Å². The molecule has 0 spiro atoms. The standard InChI is InChI=1S/C18H16FN5/c19-12-5-6-16(22-9-12)17-10-23-18(24-17)14(20)7-11-8-21-15-4-2-1-3-13(11)15/h1-6,8-10,14,21H,7,20H2,(H,23,24). The van der Waals surface area contributed by atoms with Crippen LogP contribution < -0.4 is 5.73 Å². The van der Waals surface area contributed by atoms with Crippen molar-refractivity contribution in [2.24, 2.45) is 5.73 Å². The van der Waals surface area contributed by atoms with E-state index < -0.39 is 0 Å². The number of nitrogens with zero attached hydrogens (tertiary/aromatic N) is 2. The number of hydrogen-bond acceptors (Lipinski definition) is 3. The fourth-order valence-electron chi connectivity index (χ4n) is 2.82. The third-order valence-electron chi connectivity index (χ3n) is 4.06. The lowest BCUT2D eigenvalue weighted by Crippen LogP contribution is -2.14. The zero-order valence-corrected chi connectivity index (χ0v) is 12.8. The first-order valence-electron chi connectivity index (χ1n) is 7.68. The van der Waals surface area contributed by atoms with Gasteiger partial charge in [-0.25, -0.2) is 9.37 Å². The number of imidazole rings is 1. The molecule has 0 saturated heterocycles. The number of rotatable bonds is 4. The van der Waals surface area contributed by atoms with Crippen LogP contribution in [0.2, 0.25) is 0 Å². The summed E-state index contributed by atoms with van der Waals surface area (Å²) in [7, 11) is 0. The Kier molecular flexibility index (Phi) is 3.59. The van der Waals surface area contributed by atoms with Gasteiger partial charge in [-0.3, -0.25) is 4.98 Å². The fourth-order valence-corrected chi connectivity index (χ4v) is 2.82. The molecule has 24 heavy (non-hydrogen) atoms. The van der Waals surface area contributed by atoms with Gasteiger partial charge in [0, 0.05) is 17.1 Å². The second kappa shape index (κ2) is 5.90. The van der Waals surface area contributed by atoms with Crippen molar-refractivity contribution in [3.05, 3.63) is 72.2 Å². The summed E-state index contributed by atoms with van der Waals surface area (Å²) in [6, 6.07) is 10.8. The largest absolute Gasteiger partial charge is 0.361 e. The highest BCUT2D eigenvalue weighted by atomic mass is 19.1. The molecular weight excluding hydrogens is 305 g/mol. The molecule has 3 aromatic heterocycles. The van der Waals surface area contributed by atoms with Crippen LogP contribution in [0.5, 0.6) is 0 Å². The Labute approximate surface area is 137 Å². The van der Waals surface area contributed by atoms with E-state index in [9.17, 15) is 4.39 Å². The molecule has 0 radical (unpaired) electrons. The van der Waals surface area contributed by atoms with Gasteiger partial charge in [0.25, 0.3) is 0 Å². The first-order valence-corrected chi connectivity index (χ1v) is 7.68. The minimum Gasteiger partial charge on any atom is -0.361 e. The molecule has 1 aromatic carbocycles. The molecule has 1 unspecified atom stereocenters. The smallest absolute Gasteiger partial charge is 0.141 e. The number of aromatic nitrogens is 4. The van der Waals surface area contributed by atoms with E-state index in [0.29, 0.717) is 17.9 Å². The molecule has 0 aliphatic carbocycles. The van der Waals surface area contributed by atoms with Gasteiger partial charge in [0.2, 0.25) is 0 Å². The molecular formula is C18H16FN5. The van der Waals surface area contributed by atoms with Crippen LogP contribution in [0.15, 0.2) is 55.0 Å². The van der Waals surface area contributed by atoms with Crippen molar-refractivity contribution in [1.29, 1.82) is 0 Å². The number of nitrogens with one attached hydrogen (secondary N) is 2. The number of nitrogens with two attached hydrogens (primary N) is 1. The average Bonchev–Trinajstić information content (AvgIpc) is 3.23. The molecule has 5 nitrogen and oxygen atoms in total. The summed E-state index contributed by atoms with van der Waals surface area (Å²) in [5.41, 5.74) is 9.90. The highest BCUT2D eigenvalue weighted by molar-refractivity contribution is 5.83. The van der Waals surface area contributed by atoms with E-state index in [4.69, 9.17) is 5.73 Å². The van der Waals surface area contributed by atoms with Crippen molar-refractivity contribution in [1.82, 2.24) is 19.9 Å². The van der Waals surface area contributed by atoms with E-state index in [1.807, 2.05) is 24.4 Å². The summed E-state index contributed by atoms with van der Waals surface area (Å²) >= 11 is 0. The van der Waals surface area contributed by atoms with Gasteiger partial charge >= 0.3 is 0 Å². The molecule has 3 heterocycles. The van der Waals surface area contributed by atoms with Crippen LogP contribution in [0, 0.1) is 5.82 Å². The first-order chi connectivity index (χ1) is 11.7. The van der Waals surface area contributed by atoms with E-state index in [2.05, 4.69) is 26.0 Å². The lowest BCUT2D eigenvalue weighted by Gasteiger charge is -2.08. The van der Waals surface area contributed by atoms with Gasteiger partial charge in [-0.1, -0.05) is 18.2 Å². The quantitative estimate of drug-likeness (QED) is 0.539. The van der Waals surface area contributed by atoms with Crippen LogP contribution in [0.4, 0.5) is 4.39 Å². The van der Waals surface area contributed by atoms with E-state index in [1.54, 1.807) is 12.3 Å². The predicted molar refractivity (Wildman–Crippen MR) is 90.7 cm³/mol. The number of H-pyrrole nitrogens is 2. The molecule has 0 aliphatic heterocycles. The van der Waals surface area contributed by atoms with Gasteiger partial charge in [0.1, 0.15) is 11.6 Å². The minimum absolute atomic E-state index is 0.265. The Balaban J connectivity index is 1.57. The number of aromatic amines is 2. The molecule has 4 aromatic rings. The van der Waals surface area contributed by atoms with Gasteiger partial charge in [-0.15, -0.1) is 0 Å². The Hall–Kier alpha value is -2.99. The monoisotopic (exact) mass is 321 g/mol. The molecule has 0 bridgehead atoms. The SMILES string of the molecule is NC(Cc1c[nH]c2ccccc12)c1ncc(-c2ccc(F)cn2)[nH]1. The predicted octanol–water partition coefficient (Wildman–Crippen LogP) is 3.33. The number of hydrogen-bond donors (Lipinski definition) is 3. The molecule has 0 fully saturated rings. The molecule has 4 N–H and O–H groups in total. The highest BCUT2D eigenvalue weighted by Crippen LogP contribution is 2.23. The highest BCUT2D eigenvalue weighted by Gasteiger charge is 2.14. The summed E-state index contributed by atoms with van der Waals surface area (Å²) in [6.45, 7) is 0. The Morgan fingerprint density at radius 1 is 1.08 bits per heavy atom. The fraction of sp³-hybridized carbons (Fsp3) is 0.111. The van der Waals surface area contributed by atoms with E-state index >= 15 is 0 Å². The minimum atomic E-state index is -0.366. The zero-order valence-electron chi connectivity index (χ0n) is 12.8. The van der Waals surface area contributed by atoms with Crippen LogP contribution >= 0.6 is 0 Å². The Morgan fingerprint density at radius 2 is 1.96 bits per heavy atom. The first kappa shape index (κ1) is 14.6. The number of benzene rings is 1. The molecule has 120 valence electrons. The van der Waals surface area contributed by atoms with Crippen LogP contribution in [0.1, 0.15) is 17.4 Å². The van der Waals surface area contributed by atoms with E-state index in [1.165, 1.54) is 17.6 Å². The molecule has 1 atom stereocenters. The lowest BCUT2D eigenvalue weighted by atomic mass is 10.1. The number of para-hydroxylation sites is 1. The lowest BCUT2D eigenvalue weighted by molar-refractivity contribution is 0.622. The molecule has 4 rings (SSSR count). The van der Waals surface area contributed by atoms with Crippen molar-refractivity contribution in [3.8, 4) is 11.4 Å². The van der Waals surface area contributed by atoms with Crippen molar-refractivity contribution in [3.63, 3.8) is 0 Å². The Morgan fingerprint density at radius 3 is 2.79 bits per heavy atom. The van der Waals surface area contributed by atoms with Crippen molar-refractivity contribution >= 4 is 10.9 Å². The third kappa shape index (κ3) is 2.68. The summed E-state index contributed by atoms with van der Waals surface area (Å²) in [5, 5.41) is 1.17. The maximum Gasteiger partial charge on any atom is 0.141 e. The van der Waals surface area contributed by atoms with E-state index in [0.717, 1.165) is 16.8 Å². The maximum absolute atomic E-state index is 13.0. The van der Waals surface area contributed by atoms with Crippen molar-refractivity contribution in [2.45, 2.75) is 12.5 Å². The van der Waals surface area contributed by atoms with Crippen LogP contribution in [-0.2, 0) is 6.42 Å². The van der Waals surface area contributed by atoms with Crippen molar-refractivity contribution in [2.75, 3.05) is 0 Å². The molecule has 0 saturated carbocycles. The van der Waals surface area contributed by atoms with Gasteiger partial charge in [-0.05, 0) is 30.2 Å². The Bertz CT molecular complexity index is 970. The van der Waals surface area contributed by atoms with Crippen LogP contribution in [0.3, 0.4) is 0 Å². The number of fused-ring (bicyclic) bond motifs is 1. The van der Waals surface area contributed by atoms with Gasteiger partial charge in [0.05, 0.1) is 29.8 Å². The summed E-state index contributed by atoms with van der Waals surface area (Å²) in [5.74, 6) is 0.316. The summed E-state index contributed by atoms with van der Waals surface area (Å²) in [6.07, 6.45) is 5.50. The van der Waals surface area contributed by atoms with Crippen LogP contribution in [-0.4, -0.2) is 19.9 Å². The van der Waals surface area contributed by atoms with E-state index in [-0.39, 0.29) is 11.9 Å². The van der Waals surface area contributed by atoms with Crippen LogP contribution in [0.25, 0.3) is 22.3 Å². The molecule has 0 amide bonds. The third-order valence-corrected chi connectivity index (χ3v) is 4.06. The molecule has 6 heteroatoms. The topological polar surface area (TPSA) is 83.4 Å². The molecule has 0 aliphatic rings. The number of halogens is 1. The van der Waals surface area contributed by atoms with Gasteiger partial charge < -0.3 is 15.7 Å². The number of pyridine rings is 1. The summed E-state index contributed by atoms with van der Waals surface area (Å²) < 4.78 is 13.0. The average molecular weight is 321 g/mol. The normalized spacial score (nSPS) is 12.6. The second-order valence-corrected chi connectivity index (χ2v) is 5.71. The van der Waals surface area contributed by atoms with Gasteiger partial charge in [-0.2, -0.15) is 0 Å². The zero-order chi connectivity index (χ0) is 16.5. The summed E-state index contributed by atoms with van der Waals surface area (Å²) in [4.78, 5) is 14.8. The second-order valence-electron chi connectivity index (χ2n) is 5.71.